The molecule has 0 aliphatic carbocycles. The minimum absolute atomic E-state index is 0.0307. The molecule has 0 saturated carbocycles. The highest BCUT2D eigenvalue weighted by Gasteiger charge is 2.33. The summed E-state index contributed by atoms with van der Waals surface area (Å²) < 4.78 is 41.8. The molecule has 3 atom stereocenters. The predicted octanol–water partition coefficient (Wildman–Crippen LogP) is 4.02. The Labute approximate surface area is 219 Å². The van der Waals surface area contributed by atoms with Crippen molar-refractivity contribution in [1.29, 1.82) is 0 Å². The molecule has 14 heteroatoms. The standard InChI is InChI=1S/C23H27ClN8O4S/c1-6-19(17-12-36-30-14(17)3)32-22(18-8-7-9-20(27-18)35-5)28-29-23(32)31-37(33,34)15(4)13(2)21-25-10-16(24)11-26-21/h7-13,15,19H,6H2,1-5H3,(H,29,31). The summed E-state index contributed by atoms with van der Waals surface area (Å²) in [5, 5.41) is 12.0. The summed E-state index contributed by atoms with van der Waals surface area (Å²) in [6.45, 7) is 7.09. The van der Waals surface area contributed by atoms with Crippen molar-refractivity contribution in [3.05, 3.63) is 59.0 Å². The maximum Gasteiger partial charge on any atom is 0.239 e. The zero-order chi connectivity index (χ0) is 26.7. The maximum atomic E-state index is 13.5. The summed E-state index contributed by atoms with van der Waals surface area (Å²) in [5.74, 6) is 0.590. The number of halogens is 1. The van der Waals surface area contributed by atoms with Gasteiger partial charge in [0.25, 0.3) is 0 Å². The molecule has 0 saturated heterocycles. The number of nitrogens with one attached hydrogen (secondary N) is 1. The maximum absolute atomic E-state index is 13.5. The van der Waals surface area contributed by atoms with Crippen molar-refractivity contribution >= 4 is 27.6 Å². The molecule has 0 bridgehead atoms. The van der Waals surface area contributed by atoms with Crippen molar-refractivity contribution < 1.29 is 17.7 Å². The number of nitrogens with zero attached hydrogens (tertiary/aromatic N) is 7. The number of aryl methyl sites for hydroxylation is 1. The molecule has 0 spiro atoms. The highest BCUT2D eigenvalue weighted by atomic mass is 35.5. The zero-order valence-electron chi connectivity index (χ0n) is 21.0. The first kappa shape index (κ1) is 26.5. The fourth-order valence-electron chi connectivity index (χ4n) is 3.90. The van der Waals surface area contributed by atoms with Crippen LogP contribution in [0.3, 0.4) is 0 Å². The van der Waals surface area contributed by atoms with E-state index >= 15 is 0 Å². The Morgan fingerprint density at radius 2 is 1.92 bits per heavy atom. The van der Waals surface area contributed by atoms with Crippen molar-refractivity contribution in [2.45, 2.75) is 51.3 Å². The van der Waals surface area contributed by atoms with Crippen molar-refractivity contribution in [2.75, 3.05) is 11.8 Å². The van der Waals surface area contributed by atoms with Crippen LogP contribution < -0.4 is 9.46 Å². The van der Waals surface area contributed by atoms with E-state index in [2.05, 4.69) is 35.0 Å². The van der Waals surface area contributed by atoms with Crippen LogP contribution in [0.1, 0.15) is 56.2 Å². The van der Waals surface area contributed by atoms with E-state index in [-0.39, 0.29) is 5.95 Å². The van der Waals surface area contributed by atoms with Crippen LogP contribution in [0.15, 0.2) is 41.4 Å². The molecule has 3 unspecified atom stereocenters. The van der Waals surface area contributed by atoms with Gasteiger partial charge < -0.3 is 9.26 Å². The molecule has 0 radical (unpaired) electrons. The fraction of sp³-hybridized carbons (Fsp3) is 0.391. The second-order valence-corrected chi connectivity index (χ2v) is 10.9. The summed E-state index contributed by atoms with van der Waals surface area (Å²) in [7, 11) is -2.45. The Kier molecular flexibility index (Phi) is 7.73. The first-order valence-corrected chi connectivity index (χ1v) is 13.4. The first-order valence-electron chi connectivity index (χ1n) is 11.5. The average Bonchev–Trinajstić information content (AvgIpc) is 3.50. The third-order valence-corrected chi connectivity index (χ3v) is 8.23. The largest absolute Gasteiger partial charge is 0.481 e. The van der Waals surface area contributed by atoms with Crippen LogP contribution in [0, 0.1) is 6.92 Å². The van der Waals surface area contributed by atoms with Gasteiger partial charge in [0.1, 0.15) is 17.8 Å². The molecule has 12 nitrogen and oxygen atoms in total. The highest BCUT2D eigenvalue weighted by Crippen LogP contribution is 2.33. The van der Waals surface area contributed by atoms with Gasteiger partial charge in [-0.2, -0.15) is 0 Å². The van der Waals surface area contributed by atoms with Crippen molar-refractivity contribution in [2.24, 2.45) is 0 Å². The molecule has 0 aromatic carbocycles. The van der Waals surface area contributed by atoms with E-state index in [9.17, 15) is 8.42 Å². The Bertz CT molecular complexity index is 1470. The minimum Gasteiger partial charge on any atom is -0.481 e. The number of pyridine rings is 1. The van der Waals surface area contributed by atoms with Crippen LogP contribution in [0.4, 0.5) is 5.95 Å². The molecule has 4 heterocycles. The second kappa shape index (κ2) is 10.8. The Balaban J connectivity index is 1.77. The van der Waals surface area contributed by atoms with Gasteiger partial charge in [0.15, 0.2) is 5.82 Å². The number of sulfonamides is 1. The van der Waals surface area contributed by atoms with E-state index in [1.54, 1.807) is 36.6 Å². The van der Waals surface area contributed by atoms with E-state index in [0.717, 1.165) is 5.56 Å². The van der Waals surface area contributed by atoms with E-state index < -0.39 is 27.2 Å². The average molecular weight is 547 g/mol. The van der Waals surface area contributed by atoms with Gasteiger partial charge in [-0.15, -0.1) is 10.2 Å². The minimum atomic E-state index is -3.97. The smallest absolute Gasteiger partial charge is 0.239 e. The normalized spacial score (nSPS) is 14.2. The van der Waals surface area contributed by atoms with Gasteiger partial charge in [-0.05, 0) is 26.3 Å². The third kappa shape index (κ3) is 5.42. The summed E-state index contributed by atoms with van der Waals surface area (Å²) in [6.07, 6.45) is 4.97. The van der Waals surface area contributed by atoms with Gasteiger partial charge >= 0.3 is 0 Å². The number of aromatic nitrogens is 7. The summed E-state index contributed by atoms with van der Waals surface area (Å²) >= 11 is 5.88. The number of rotatable bonds is 10. The van der Waals surface area contributed by atoms with E-state index in [4.69, 9.17) is 20.9 Å². The molecular formula is C23H27ClN8O4S. The quantitative estimate of drug-likeness (QED) is 0.308. The van der Waals surface area contributed by atoms with E-state index in [1.165, 1.54) is 25.8 Å². The first-order chi connectivity index (χ1) is 17.7. The number of anilines is 1. The summed E-state index contributed by atoms with van der Waals surface area (Å²) in [4.78, 5) is 12.8. The molecule has 0 aliphatic rings. The van der Waals surface area contributed by atoms with Crippen LogP contribution in [0.5, 0.6) is 5.88 Å². The fourth-order valence-corrected chi connectivity index (χ4v) is 5.24. The van der Waals surface area contributed by atoms with Gasteiger partial charge in [-0.25, -0.2) is 23.4 Å². The molecule has 0 amide bonds. The lowest BCUT2D eigenvalue weighted by molar-refractivity contribution is 0.398. The Hall–Kier alpha value is -3.58. The topological polar surface area (TPSA) is 151 Å². The number of ether oxygens (including phenoxy) is 1. The Morgan fingerprint density at radius 1 is 1.19 bits per heavy atom. The molecule has 0 aliphatic heterocycles. The molecule has 0 fully saturated rings. The van der Waals surface area contributed by atoms with Gasteiger partial charge in [0.2, 0.25) is 21.9 Å². The molecule has 4 aromatic rings. The Morgan fingerprint density at radius 3 is 2.54 bits per heavy atom. The van der Waals surface area contributed by atoms with Gasteiger partial charge in [0.05, 0.1) is 29.1 Å². The molecule has 4 aromatic heterocycles. The van der Waals surface area contributed by atoms with Crippen LogP contribution in [0.2, 0.25) is 5.02 Å². The number of hydrogen-bond acceptors (Lipinski definition) is 10. The molecular weight excluding hydrogens is 520 g/mol. The molecule has 4 rings (SSSR count). The molecule has 37 heavy (non-hydrogen) atoms. The van der Waals surface area contributed by atoms with Gasteiger partial charge in [-0.1, -0.05) is 36.7 Å². The van der Waals surface area contributed by atoms with Crippen molar-refractivity contribution in [3.8, 4) is 17.4 Å². The van der Waals surface area contributed by atoms with Crippen LogP contribution >= 0.6 is 11.6 Å². The lowest BCUT2D eigenvalue weighted by atomic mass is 10.1. The van der Waals surface area contributed by atoms with Crippen LogP contribution in [0.25, 0.3) is 11.5 Å². The van der Waals surface area contributed by atoms with Crippen molar-refractivity contribution in [3.63, 3.8) is 0 Å². The third-order valence-electron chi connectivity index (χ3n) is 6.18. The van der Waals surface area contributed by atoms with Crippen molar-refractivity contribution in [1.82, 2.24) is 34.9 Å². The lowest BCUT2D eigenvalue weighted by Crippen LogP contribution is -2.32. The lowest BCUT2D eigenvalue weighted by Gasteiger charge is -2.23. The zero-order valence-corrected chi connectivity index (χ0v) is 22.5. The second-order valence-electron chi connectivity index (χ2n) is 8.46. The summed E-state index contributed by atoms with van der Waals surface area (Å²) in [5.41, 5.74) is 1.89. The SMILES string of the molecule is CCC(c1conc1C)n1c(NS(=O)(=O)C(C)C(C)c2ncc(Cl)cn2)nnc1-c1cccc(OC)n1. The highest BCUT2D eigenvalue weighted by molar-refractivity contribution is 7.93. The van der Waals surface area contributed by atoms with Crippen LogP contribution in [-0.2, 0) is 10.0 Å². The monoisotopic (exact) mass is 546 g/mol. The predicted molar refractivity (Wildman–Crippen MR) is 137 cm³/mol. The van der Waals surface area contributed by atoms with E-state index in [0.29, 0.717) is 40.4 Å². The number of methoxy groups -OCH3 is 1. The van der Waals surface area contributed by atoms with E-state index in [1.807, 2.05) is 13.8 Å². The molecule has 196 valence electrons. The summed E-state index contributed by atoms with van der Waals surface area (Å²) in [6, 6.07) is 4.83. The van der Waals surface area contributed by atoms with Gasteiger partial charge in [0, 0.05) is 29.9 Å². The van der Waals surface area contributed by atoms with Crippen LogP contribution in [-0.4, -0.2) is 55.7 Å². The van der Waals surface area contributed by atoms with Gasteiger partial charge in [-0.3, -0.25) is 9.29 Å². The number of hydrogen-bond donors (Lipinski definition) is 1. The molecule has 1 N–H and O–H groups in total.